The van der Waals surface area contributed by atoms with Gasteiger partial charge in [-0.3, -0.25) is 9.63 Å². The molecule has 3 rings (SSSR count). The molecule has 6 heteroatoms. The van der Waals surface area contributed by atoms with E-state index >= 15 is 0 Å². The van der Waals surface area contributed by atoms with E-state index in [0.29, 0.717) is 12.0 Å². The van der Waals surface area contributed by atoms with Gasteiger partial charge in [0.05, 0.1) is 6.10 Å². The Balaban J connectivity index is 1.99. The van der Waals surface area contributed by atoms with E-state index < -0.39 is 18.0 Å². The van der Waals surface area contributed by atoms with Gasteiger partial charge in [-0.25, -0.2) is 10.3 Å². The number of H-pyrrole nitrogens is 1. The molecule has 1 atom stereocenters. The maximum Gasteiger partial charge on any atom is 0.344 e. The van der Waals surface area contributed by atoms with Crippen LogP contribution in [0.2, 0.25) is 0 Å². The number of rotatable bonds is 8. The molecule has 1 aromatic heterocycles. The van der Waals surface area contributed by atoms with Gasteiger partial charge in [-0.2, -0.15) is 0 Å². The zero-order chi connectivity index (χ0) is 19.4. The van der Waals surface area contributed by atoms with Crippen LogP contribution in [-0.2, 0) is 19.2 Å². The van der Waals surface area contributed by atoms with Gasteiger partial charge in [0.2, 0.25) is 0 Å². The Hall–Kier alpha value is -2.60. The molecular formula is C21H26N2O4. The highest BCUT2D eigenvalue weighted by Crippen LogP contribution is 2.35. The number of hydrogen-bond donors (Lipinski definition) is 2. The number of benzene rings is 1. The van der Waals surface area contributed by atoms with Gasteiger partial charge in [0, 0.05) is 16.8 Å². The van der Waals surface area contributed by atoms with Gasteiger partial charge in [-0.15, -0.1) is 0 Å². The number of fused-ring (bicyclic) bond motifs is 1. The Bertz CT molecular complexity index is 833. The van der Waals surface area contributed by atoms with Gasteiger partial charge in [-0.05, 0) is 44.2 Å². The van der Waals surface area contributed by atoms with Crippen molar-refractivity contribution in [2.45, 2.75) is 58.7 Å². The van der Waals surface area contributed by atoms with Crippen LogP contribution in [0.25, 0.3) is 16.5 Å². The maximum atomic E-state index is 12.6. The summed E-state index contributed by atoms with van der Waals surface area (Å²) in [7, 11) is 0. The second-order valence-corrected chi connectivity index (χ2v) is 7.05. The Labute approximate surface area is 158 Å². The molecule has 144 valence electrons. The fourth-order valence-electron chi connectivity index (χ4n) is 3.26. The number of aromatic nitrogens is 1. The second-order valence-electron chi connectivity index (χ2n) is 7.05. The Kier molecular flexibility index (Phi) is 5.96. The SMILES string of the molecule is CCCCCC1OC(=O)C(C(=O)NOC(C)C)=C1c1cc2ccccc2[nH]1. The number of ether oxygens (including phenoxy) is 1. The van der Waals surface area contributed by atoms with Crippen LogP contribution in [-0.4, -0.2) is 29.1 Å². The molecule has 1 aromatic carbocycles. The van der Waals surface area contributed by atoms with Crippen LogP contribution in [0, 0.1) is 0 Å². The van der Waals surface area contributed by atoms with Gasteiger partial charge < -0.3 is 9.72 Å². The summed E-state index contributed by atoms with van der Waals surface area (Å²) in [6, 6.07) is 9.80. The van der Waals surface area contributed by atoms with E-state index in [0.717, 1.165) is 35.9 Å². The molecule has 1 amide bonds. The van der Waals surface area contributed by atoms with E-state index in [9.17, 15) is 9.59 Å². The van der Waals surface area contributed by atoms with Crippen LogP contribution in [0.1, 0.15) is 52.1 Å². The second kappa shape index (κ2) is 8.39. The van der Waals surface area contributed by atoms with Gasteiger partial charge in [0.25, 0.3) is 5.91 Å². The van der Waals surface area contributed by atoms with E-state index in [2.05, 4.69) is 17.4 Å². The molecule has 0 radical (unpaired) electrons. The molecule has 1 aliphatic rings. The third-order valence-electron chi connectivity index (χ3n) is 4.55. The first-order valence-corrected chi connectivity index (χ1v) is 9.50. The largest absolute Gasteiger partial charge is 0.454 e. The number of cyclic esters (lactones) is 1. The molecule has 0 fully saturated rings. The fourth-order valence-corrected chi connectivity index (χ4v) is 3.26. The van der Waals surface area contributed by atoms with Crippen molar-refractivity contribution < 1.29 is 19.2 Å². The lowest BCUT2D eigenvalue weighted by atomic mass is 9.97. The van der Waals surface area contributed by atoms with Crippen molar-refractivity contribution in [2.75, 3.05) is 0 Å². The van der Waals surface area contributed by atoms with Crippen LogP contribution in [0.15, 0.2) is 35.9 Å². The van der Waals surface area contributed by atoms with E-state index in [4.69, 9.17) is 9.57 Å². The topological polar surface area (TPSA) is 80.4 Å². The van der Waals surface area contributed by atoms with Crippen LogP contribution in [0.4, 0.5) is 0 Å². The lowest BCUT2D eigenvalue weighted by molar-refractivity contribution is -0.143. The number of unbranched alkanes of at least 4 members (excludes halogenated alkanes) is 2. The molecule has 2 aromatic rings. The van der Waals surface area contributed by atoms with Crippen molar-refractivity contribution in [2.24, 2.45) is 0 Å². The number of nitrogens with one attached hydrogen (secondary N) is 2. The first-order chi connectivity index (χ1) is 13.0. The van der Waals surface area contributed by atoms with Gasteiger partial charge in [0.15, 0.2) is 0 Å². The maximum absolute atomic E-state index is 12.6. The predicted octanol–water partition coefficient (Wildman–Crippen LogP) is 3.88. The molecule has 0 aliphatic carbocycles. The average molecular weight is 370 g/mol. The molecule has 1 unspecified atom stereocenters. The molecule has 0 saturated carbocycles. The monoisotopic (exact) mass is 370 g/mol. The number of aromatic amines is 1. The Morgan fingerprint density at radius 3 is 2.78 bits per heavy atom. The fraction of sp³-hybridized carbons (Fsp3) is 0.429. The van der Waals surface area contributed by atoms with E-state index in [1.54, 1.807) is 13.8 Å². The van der Waals surface area contributed by atoms with E-state index in [1.165, 1.54) is 0 Å². The number of amides is 1. The quantitative estimate of drug-likeness (QED) is 0.320. The summed E-state index contributed by atoms with van der Waals surface area (Å²) in [5.41, 5.74) is 4.67. The summed E-state index contributed by atoms with van der Waals surface area (Å²) >= 11 is 0. The van der Waals surface area contributed by atoms with Crippen molar-refractivity contribution in [1.29, 1.82) is 0 Å². The number of hydrogen-bond acceptors (Lipinski definition) is 4. The highest BCUT2D eigenvalue weighted by atomic mass is 16.7. The highest BCUT2D eigenvalue weighted by molar-refractivity contribution is 6.24. The van der Waals surface area contributed by atoms with E-state index in [-0.39, 0.29) is 11.7 Å². The lowest BCUT2D eigenvalue weighted by Crippen LogP contribution is -2.30. The molecule has 0 spiro atoms. The van der Waals surface area contributed by atoms with Crippen molar-refractivity contribution in [3.8, 4) is 0 Å². The first-order valence-electron chi connectivity index (χ1n) is 9.50. The molecule has 0 bridgehead atoms. The third kappa shape index (κ3) is 4.22. The predicted molar refractivity (Wildman–Crippen MR) is 104 cm³/mol. The lowest BCUT2D eigenvalue weighted by Gasteiger charge is -2.13. The van der Waals surface area contributed by atoms with Crippen LogP contribution < -0.4 is 5.48 Å². The van der Waals surface area contributed by atoms with Crippen LogP contribution in [0.5, 0.6) is 0 Å². The molecule has 6 nitrogen and oxygen atoms in total. The van der Waals surface area contributed by atoms with Crippen LogP contribution >= 0.6 is 0 Å². The Morgan fingerprint density at radius 2 is 2.07 bits per heavy atom. The average Bonchev–Trinajstić information content (AvgIpc) is 3.20. The van der Waals surface area contributed by atoms with Crippen molar-refractivity contribution >= 4 is 28.4 Å². The molecule has 27 heavy (non-hydrogen) atoms. The molecule has 0 saturated heterocycles. The summed E-state index contributed by atoms with van der Waals surface area (Å²) in [5, 5.41) is 1.02. The number of carbonyl (C=O) groups excluding carboxylic acids is 2. The van der Waals surface area contributed by atoms with Gasteiger partial charge in [0.1, 0.15) is 11.7 Å². The van der Waals surface area contributed by atoms with Crippen LogP contribution in [0.3, 0.4) is 0 Å². The number of para-hydroxylation sites is 1. The summed E-state index contributed by atoms with van der Waals surface area (Å²) in [5.74, 6) is -1.17. The number of hydroxylamine groups is 1. The summed E-state index contributed by atoms with van der Waals surface area (Å²) < 4.78 is 5.56. The molecule has 1 aliphatic heterocycles. The standard InChI is InChI=1S/C21H26N2O4/c1-4-5-6-11-17-18(16-12-14-9-7-8-10-15(14)22-16)19(21(25)26-17)20(24)23-27-13(2)3/h7-10,12-13,17,22H,4-6,11H2,1-3H3,(H,23,24). The smallest absolute Gasteiger partial charge is 0.344 e. The summed E-state index contributed by atoms with van der Waals surface area (Å²) in [4.78, 5) is 33.6. The highest BCUT2D eigenvalue weighted by Gasteiger charge is 2.39. The number of esters is 1. The molecule has 2 N–H and O–H groups in total. The number of carbonyl (C=O) groups is 2. The third-order valence-corrected chi connectivity index (χ3v) is 4.55. The van der Waals surface area contributed by atoms with Crippen molar-refractivity contribution in [1.82, 2.24) is 10.5 Å². The first kappa shape index (κ1) is 19.2. The zero-order valence-electron chi connectivity index (χ0n) is 16.0. The van der Waals surface area contributed by atoms with Crippen molar-refractivity contribution in [3.05, 3.63) is 41.6 Å². The van der Waals surface area contributed by atoms with Crippen molar-refractivity contribution in [3.63, 3.8) is 0 Å². The normalized spacial score (nSPS) is 17.0. The minimum atomic E-state index is -0.602. The van der Waals surface area contributed by atoms with Gasteiger partial charge >= 0.3 is 5.97 Å². The molecule has 2 heterocycles. The molecular weight excluding hydrogens is 344 g/mol. The zero-order valence-corrected chi connectivity index (χ0v) is 16.0. The van der Waals surface area contributed by atoms with Gasteiger partial charge in [-0.1, -0.05) is 38.0 Å². The summed E-state index contributed by atoms with van der Waals surface area (Å²) in [6.45, 7) is 5.72. The Morgan fingerprint density at radius 1 is 1.30 bits per heavy atom. The summed E-state index contributed by atoms with van der Waals surface area (Å²) in [6.07, 6.45) is 3.11. The minimum absolute atomic E-state index is 0.0173. The minimum Gasteiger partial charge on any atom is -0.454 e. The van der Waals surface area contributed by atoms with E-state index in [1.807, 2.05) is 30.3 Å².